The summed E-state index contributed by atoms with van der Waals surface area (Å²) < 4.78 is 24.7. The molecule has 5 rings (SSSR count). The van der Waals surface area contributed by atoms with E-state index in [2.05, 4.69) is 11.0 Å². The summed E-state index contributed by atoms with van der Waals surface area (Å²) >= 11 is 0. The third kappa shape index (κ3) is 6.77. The molecule has 1 aromatic heterocycles. The lowest BCUT2D eigenvalue weighted by Crippen LogP contribution is -2.38. The number of pyridine rings is 1. The van der Waals surface area contributed by atoms with E-state index in [4.69, 9.17) is 14.5 Å². The maximum absolute atomic E-state index is 13.7. The minimum atomic E-state index is -0.351. The van der Waals surface area contributed by atoms with Crippen molar-refractivity contribution >= 4 is 34.6 Å². The summed E-state index contributed by atoms with van der Waals surface area (Å²) in [5.41, 5.74) is 2.37. The topological polar surface area (TPSA) is 75.2 Å². The van der Waals surface area contributed by atoms with Gasteiger partial charge in [0.25, 0.3) is 0 Å². The monoisotopic (exact) mass is 546 g/mol. The van der Waals surface area contributed by atoms with Crippen LogP contribution in [0.5, 0.6) is 5.75 Å². The van der Waals surface area contributed by atoms with Gasteiger partial charge in [-0.3, -0.25) is 9.59 Å². The molecule has 2 aliphatic rings. The number of carbonyl (C=O) groups excluding carboxylic acids is 2. The van der Waals surface area contributed by atoms with Gasteiger partial charge in [0.15, 0.2) is 0 Å². The van der Waals surface area contributed by atoms with Crippen LogP contribution in [0.4, 0.5) is 10.2 Å². The Kier molecular flexibility index (Phi) is 8.91. The quantitative estimate of drug-likeness (QED) is 0.354. The Morgan fingerprint density at radius 2 is 2.00 bits per heavy atom. The van der Waals surface area contributed by atoms with Crippen LogP contribution in [0.25, 0.3) is 17.0 Å². The number of hydrogen-bond donors (Lipinski definition) is 0. The zero-order valence-corrected chi connectivity index (χ0v) is 22.9. The summed E-state index contributed by atoms with van der Waals surface area (Å²) in [7, 11) is 1.63. The lowest BCUT2D eigenvalue weighted by atomic mass is 10.1. The highest BCUT2D eigenvalue weighted by Gasteiger charge is 2.23. The lowest BCUT2D eigenvalue weighted by molar-refractivity contribution is -0.127. The number of nitrogens with zero attached hydrogens (tertiary/aromatic N) is 4. The van der Waals surface area contributed by atoms with E-state index in [1.807, 2.05) is 23.1 Å². The number of ether oxygens (including phenoxy) is 2. The SMILES string of the molecule is COc1ccc2cc(CN(CCCN3CCCC3=O)C(=O)/C=C/c3cccc(F)c3)c(N3CCOCC3)nc2c1. The number of likely N-dealkylation sites (tertiary alicyclic amines) is 1. The fourth-order valence-electron chi connectivity index (χ4n) is 5.22. The summed E-state index contributed by atoms with van der Waals surface area (Å²) in [6.07, 6.45) is 5.26. The number of methoxy groups -OCH3 is 1. The molecule has 40 heavy (non-hydrogen) atoms. The number of aromatic nitrogens is 1. The molecule has 0 spiro atoms. The van der Waals surface area contributed by atoms with Crippen molar-refractivity contribution < 1.29 is 23.5 Å². The second kappa shape index (κ2) is 12.9. The molecule has 9 heteroatoms. The van der Waals surface area contributed by atoms with Crippen molar-refractivity contribution in [1.29, 1.82) is 0 Å². The van der Waals surface area contributed by atoms with Gasteiger partial charge >= 0.3 is 0 Å². The minimum absolute atomic E-state index is 0.174. The van der Waals surface area contributed by atoms with Gasteiger partial charge in [-0.1, -0.05) is 12.1 Å². The molecule has 0 aliphatic carbocycles. The Balaban J connectivity index is 1.43. The first-order chi connectivity index (χ1) is 19.5. The highest BCUT2D eigenvalue weighted by atomic mass is 19.1. The van der Waals surface area contributed by atoms with Gasteiger partial charge in [0.1, 0.15) is 17.4 Å². The minimum Gasteiger partial charge on any atom is -0.497 e. The van der Waals surface area contributed by atoms with Crippen LogP contribution in [0, 0.1) is 5.82 Å². The number of hydrogen-bond acceptors (Lipinski definition) is 6. The number of anilines is 1. The number of morpholine rings is 1. The van der Waals surface area contributed by atoms with E-state index in [1.165, 1.54) is 18.2 Å². The zero-order valence-electron chi connectivity index (χ0n) is 22.9. The largest absolute Gasteiger partial charge is 0.497 e. The van der Waals surface area contributed by atoms with Gasteiger partial charge in [0, 0.05) is 68.8 Å². The molecule has 2 amide bonds. The van der Waals surface area contributed by atoms with Crippen LogP contribution < -0.4 is 9.64 Å². The van der Waals surface area contributed by atoms with Crippen LogP contribution in [0.3, 0.4) is 0 Å². The maximum Gasteiger partial charge on any atom is 0.246 e. The van der Waals surface area contributed by atoms with E-state index in [1.54, 1.807) is 30.2 Å². The smallest absolute Gasteiger partial charge is 0.246 e. The Bertz CT molecular complexity index is 1390. The van der Waals surface area contributed by atoms with Crippen LogP contribution in [0.2, 0.25) is 0 Å². The van der Waals surface area contributed by atoms with Gasteiger partial charge in [0.05, 0.1) is 25.8 Å². The van der Waals surface area contributed by atoms with Gasteiger partial charge < -0.3 is 24.2 Å². The van der Waals surface area contributed by atoms with Crippen LogP contribution in [-0.4, -0.2) is 79.6 Å². The number of carbonyl (C=O) groups is 2. The second-order valence-corrected chi connectivity index (χ2v) is 10.1. The molecule has 2 fully saturated rings. The van der Waals surface area contributed by atoms with E-state index in [-0.39, 0.29) is 17.6 Å². The Morgan fingerprint density at radius 1 is 1.15 bits per heavy atom. The van der Waals surface area contributed by atoms with Crippen molar-refractivity contribution in [3.63, 3.8) is 0 Å². The van der Waals surface area contributed by atoms with E-state index in [0.29, 0.717) is 64.3 Å². The molecule has 210 valence electrons. The predicted octanol–water partition coefficient (Wildman–Crippen LogP) is 4.27. The normalized spacial score (nSPS) is 15.8. The van der Waals surface area contributed by atoms with E-state index in [0.717, 1.165) is 41.0 Å². The number of fused-ring (bicyclic) bond motifs is 1. The summed E-state index contributed by atoms with van der Waals surface area (Å²) in [6, 6.07) is 14.0. The standard InChI is InChI=1S/C31H35FN4O4/c1-39-27-10-9-24-20-25(31(33-28(24)21-27)35-15-17-40-18-16-35)22-36(14-4-13-34-12-3-7-29(34)37)30(38)11-8-23-5-2-6-26(32)19-23/h2,5-6,8-11,19-21H,3-4,7,12-18,22H2,1H3/b11-8+. The first-order valence-corrected chi connectivity index (χ1v) is 13.8. The van der Waals surface area contributed by atoms with Crippen molar-refractivity contribution in [3.05, 3.63) is 71.6 Å². The fourth-order valence-corrected chi connectivity index (χ4v) is 5.22. The van der Waals surface area contributed by atoms with Gasteiger partial charge in [-0.25, -0.2) is 9.37 Å². The van der Waals surface area contributed by atoms with E-state index < -0.39 is 0 Å². The molecular formula is C31H35FN4O4. The van der Waals surface area contributed by atoms with Crippen molar-refractivity contribution in [2.75, 3.05) is 57.9 Å². The highest BCUT2D eigenvalue weighted by Crippen LogP contribution is 2.28. The molecule has 8 nitrogen and oxygen atoms in total. The maximum atomic E-state index is 13.7. The van der Waals surface area contributed by atoms with Crippen molar-refractivity contribution in [1.82, 2.24) is 14.8 Å². The Hall–Kier alpha value is -3.98. The average Bonchev–Trinajstić information content (AvgIpc) is 3.39. The summed E-state index contributed by atoms with van der Waals surface area (Å²) in [6.45, 7) is 4.84. The van der Waals surface area contributed by atoms with Crippen LogP contribution in [0.1, 0.15) is 30.4 Å². The van der Waals surface area contributed by atoms with E-state index >= 15 is 0 Å². The van der Waals surface area contributed by atoms with Crippen LogP contribution in [0.15, 0.2) is 54.6 Å². The number of rotatable bonds is 10. The molecule has 0 unspecified atom stereocenters. The molecule has 2 aromatic carbocycles. The third-order valence-corrected chi connectivity index (χ3v) is 7.36. The molecule has 0 atom stereocenters. The summed E-state index contributed by atoms with van der Waals surface area (Å²) in [5.74, 6) is 1.20. The predicted molar refractivity (Wildman–Crippen MR) is 153 cm³/mol. The zero-order chi connectivity index (χ0) is 27.9. The van der Waals surface area contributed by atoms with Crippen molar-refractivity contribution in [2.24, 2.45) is 0 Å². The van der Waals surface area contributed by atoms with Crippen molar-refractivity contribution in [2.45, 2.75) is 25.8 Å². The number of halogens is 1. The molecule has 2 saturated heterocycles. The molecule has 2 aliphatic heterocycles. The second-order valence-electron chi connectivity index (χ2n) is 10.1. The van der Waals surface area contributed by atoms with Gasteiger partial charge in [-0.05, 0) is 54.8 Å². The Labute approximate surface area is 234 Å². The molecule has 0 N–H and O–H groups in total. The molecule has 3 aromatic rings. The first kappa shape index (κ1) is 27.6. The Morgan fingerprint density at radius 3 is 2.75 bits per heavy atom. The molecule has 0 radical (unpaired) electrons. The molecule has 0 bridgehead atoms. The third-order valence-electron chi connectivity index (χ3n) is 7.36. The molecular weight excluding hydrogens is 511 g/mol. The van der Waals surface area contributed by atoms with E-state index in [9.17, 15) is 14.0 Å². The van der Waals surface area contributed by atoms with Gasteiger partial charge in [0.2, 0.25) is 11.8 Å². The van der Waals surface area contributed by atoms with Crippen molar-refractivity contribution in [3.8, 4) is 5.75 Å². The lowest BCUT2D eigenvalue weighted by Gasteiger charge is -2.31. The summed E-state index contributed by atoms with van der Waals surface area (Å²) in [5, 5.41) is 0.957. The summed E-state index contributed by atoms with van der Waals surface area (Å²) in [4.78, 5) is 36.5. The average molecular weight is 547 g/mol. The van der Waals surface area contributed by atoms with Crippen LogP contribution in [-0.2, 0) is 20.9 Å². The number of amides is 2. The molecule has 3 heterocycles. The van der Waals surface area contributed by atoms with Crippen LogP contribution >= 0.6 is 0 Å². The molecule has 0 saturated carbocycles. The number of benzene rings is 2. The van der Waals surface area contributed by atoms with Gasteiger partial charge in [-0.15, -0.1) is 0 Å². The highest BCUT2D eigenvalue weighted by molar-refractivity contribution is 5.92. The fraction of sp³-hybridized carbons (Fsp3) is 0.387. The first-order valence-electron chi connectivity index (χ1n) is 13.8. The van der Waals surface area contributed by atoms with Gasteiger partial charge in [-0.2, -0.15) is 0 Å².